The van der Waals surface area contributed by atoms with Crippen molar-refractivity contribution in [3.05, 3.63) is 78.9 Å². The van der Waals surface area contributed by atoms with Gasteiger partial charge in [-0.2, -0.15) is 4.98 Å². The third-order valence-electron chi connectivity index (χ3n) is 6.37. The molecule has 0 atom stereocenters. The lowest BCUT2D eigenvalue weighted by molar-refractivity contribution is 0.171. The second-order valence-electron chi connectivity index (χ2n) is 8.61. The zero-order valence-electron chi connectivity index (χ0n) is 19.5. The first-order valence-electron chi connectivity index (χ1n) is 11.9. The highest BCUT2D eigenvalue weighted by molar-refractivity contribution is 7.91. The predicted molar refractivity (Wildman–Crippen MR) is 136 cm³/mol. The fourth-order valence-corrected chi connectivity index (χ4v) is 5.82. The first kappa shape index (κ1) is 22.5. The largest absolute Gasteiger partial charge is 0.486 e. The molecule has 36 heavy (non-hydrogen) atoms. The Kier molecular flexibility index (Phi) is 5.77. The van der Waals surface area contributed by atoms with E-state index in [0.29, 0.717) is 43.4 Å². The molecule has 8 nitrogen and oxygen atoms in total. The van der Waals surface area contributed by atoms with Gasteiger partial charge in [0.05, 0.1) is 4.90 Å². The molecule has 1 saturated heterocycles. The fourth-order valence-electron chi connectivity index (χ4n) is 4.49. The van der Waals surface area contributed by atoms with Gasteiger partial charge in [-0.05, 0) is 36.4 Å². The Bertz CT molecular complexity index is 1460. The van der Waals surface area contributed by atoms with Gasteiger partial charge in [0.1, 0.15) is 13.2 Å². The SMILES string of the molecule is O=S(=O)(c1ccc2c(c1)OCCO2)c1nc(-c2ccccc2)oc1N1CCN(c2ccccc2)CC1. The minimum Gasteiger partial charge on any atom is -0.486 e. The molecule has 0 aliphatic carbocycles. The molecule has 9 heteroatoms. The predicted octanol–water partition coefficient (Wildman–Crippen LogP) is 4.27. The number of aromatic nitrogens is 1. The summed E-state index contributed by atoms with van der Waals surface area (Å²) >= 11 is 0. The summed E-state index contributed by atoms with van der Waals surface area (Å²) in [5.41, 5.74) is 1.86. The van der Waals surface area contributed by atoms with Gasteiger partial charge < -0.3 is 23.7 Å². The zero-order valence-corrected chi connectivity index (χ0v) is 20.4. The molecule has 0 spiro atoms. The molecular weight excluding hydrogens is 478 g/mol. The summed E-state index contributed by atoms with van der Waals surface area (Å²) in [6, 6.07) is 24.2. The second kappa shape index (κ2) is 9.23. The van der Waals surface area contributed by atoms with E-state index in [0.717, 1.165) is 18.8 Å². The number of fused-ring (bicyclic) bond motifs is 1. The van der Waals surface area contributed by atoms with Gasteiger partial charge in [0.15, 0.2) is 11.5 Å². The molecule has 0 radical (unpaired) electrons. The minimum atomic E-state index is -4.00. The molecule has 0 saturated carbocycles. The summed E-state index contributed by atoms with van der Waals surface area (Å²) in [5, 5.41) is -0.0915. The van der Waals surface area contributed by atoms with Gasteiger partial charge >= 0.3 is 0 Å². The topological polar surface area (TPSA) is 85.1 Å². The molecule has 0 unspecified atom stereocenters. The highest BCUT2D eigenvalue weighted by atomic mass is 32.2. The monoisotopic (exact) mass is 503 g/mol. The van der Waals surface area contributed by atoms with E-state index in [-0.39, 0.29) is 21.7 Å². The van der Waals surface area contributed by atoms with E-state index >= 15 is 0 Å². The Balaban J connectivity index is 1.37. The van der Waals surface area contributed by atoms with Crippen molar-refractivity contribution in [3.63, 3.8) is 0 Å². The van der Waals surface area contributed by atoms with Crippen LogP contribution >= 0.6 is 0 Å². The molecule has 4 aromatic rings. The van der Waals surface area contributed by atoms with Crippen LogP contribution in [0.3, 0.4) is 0 Å². The normalized spacial score (nSPS) is 15.7. The van der Waals surface area contributed by atoms with Crippen molar-refractivity contribution >= 4 is 21.4 Å². The number of benzene rings is 3. The first-order valence-corrected chi connectivity index (χ1v) is 13.3. The van der Waals surface area contributed by atoms with Crippen molar-refractivity contribution in [2.24, 2.45) is 0 Å². The summed E-state index contributed by atoms with van der Waals surface area (Å²) in [5.74, 6) is 1.47. The van der Waals surface area contributed by atoms with Gasteiger partial charge in [0.25, 0.3) is 0 Å². The summed E-state index contributed by atoms with van der Waals surface area (Å²) in [6.45, 7) is 3.46. The van der Waals surface area contributed by atoms with Gasteiger partial charge in [-0.3, -0.25) is 0 Å². The van der Waals surface area contributed by atoms with Crippen LogP contribution in [-0.2, 0) is 9.84 Å². The number of para-hydroxylation sites is 1. The summed E-state index contributed by atoms with van der Waals surface area (Å²) in [7, 11) is -4.00. The maximum Gasteiger partial charge on any atom is 0.236 e. The van der Waals surface area contributed by atoms with Crippen molar-refractivity contribution in [3.8, 4) is 23.0 Å². The van der Waals surface area contributed by atoms with E-state index < -0.39 is 9.84 Å². The van der Waals surface area contributed by atoms with Gasteiger partial charge in [-0.15, -0.1) is 0 Å². The van der Waals surface area contributed by atoms with Crippen LogP contribution in [0.1, 0.15) is 0 Å². The maximum atomic E-state index is 13.9. The summed E-state index contributed by atoms with van der Waals surface area (Å²) in [4.78, 5) is 8.84. The van der Waals surface area contributed by atoms with Gasteiger partial charge in [-0.1, -0.05) is 36.4 Å². The van der Waals surface area contributed by atoms with Crippen LogP contribution in [0.5, 0.6) is 11.5 Å². The van der Waals surface area contributed by atoms with Gasteiger partial charge in [0, 0.05) is 43.5 Å². The Morgan fingerprint density at radius 3 is 2.08 bits per heavy atom. The minimum absolute atomic E-state index is 0.0869. The Labute approximate surface area is 209 Å². The Morgan fingerprint density at radius 2 is 1.36 bits per heavy atom. The van der Waals surface area contributed by atoms with Crippen LogP contribution in [0.2, 0.25) is 0 Å². The molecule has 0 bridgehead atoms. The maximum absolute atomic E-state index is 13.9. The molecule has 0 amide bonds. The molecule has 3 aromatic carbocycles. The summed E-state index contributed by atoms with van der Waals surface area (Å²) < 4.78 is 45.1. The van der Waals surface area contributed by atoms with E-state index in [1.165, 1.54) is 12.1 Å². The van der Waals surface area contributed by atoms with Gasteiger partial charge in [0.2, 0.25) is 26.6 Å². The number of rotatable bonds is 5. The zero-order chi connectivity index (χ0) is 24.5. The molecule has 184 valence electrons. The molecular formula is C27H25N3O5S. The van der Waals surface area contributed by atoms with E-state index in [2.05, 4.69) is 22.0 Å². The Hall–Kier alpha value is -3.98. The number of hydrogen-bond donors (Lipinski definition) is 0. The molecule has 2 aliphatic rings. The van der Waals surface area contributed by atoms with Crippen LogP contribution in [0.25, 0.3) is 11.5 Å². The van der Waals surface area contributed by atoms with Crippen molar-refractivity contribution in [2.75, 3.05) is 49.2 Å². The van der Waals surface area contributed by atoms with Gasteiger partial charge in [-0.25, -0.2) is 8.42 Å². The third-order valence-corrected chi connectivity index (χ3v) is 8.02. The van der Waals surface area contributed by atoms with Crippen LogP contribution < -0.4 is 19.3 Å². The number of anilines is 2. The van der Waals surface area contributed by atoms with Crippen molar-refractivity contribution in [1.82, 2.24) is 4.98 Å². The van der Waals surface area contributed by atoms with E-state index in [1.54, 1.807) is 6.07 Å². The number of nitrogens with zero attached hydrogens (tertiary/aromatic N) is 3. The van der Waals surface area contributed by atoms with Crippen LogP contribution in [0.15, 0.2) is 93.2 Å². The standard InChI is InChI=1S/C27H25N3O5S/c31-36(32,22-11-12-23-24(19-22)34-18-17-33-23)26-27(35-25(28-26)20-7-3-1-4-8-20)30-15-13-29(14-16-30)21-9-5-2-6-10-21/h1-12,19H,13-18H2. The summed E-state index contributed by atoms with van der Waals surface area (Å²) in [6.07, 6.45) is 0. The van der Waals surface area contributed by atoms with Crippen molar-refractivity contribution in [2.45, 2.75) is 9.92 Å². The molecule has 3 heterocycles. The van der Waals surface area contributed by atoms with Crippen molar-refractivity contribution in [1.29, 1.82) is 0 Å². The highest BCUT2D eigenvalue weighted by Gasteiger charge is 2.33. The lowest BCUT2D eigenvalue weighted by atomic mass is 10.2. The number of oxazole rings is 1. The Morgan fingerprint density at radius 1 is 0.722 bits per heavy atom. The quantitative estimate of drug-likeness (QED) is 0.399. The first-order chi connectivity index (χ1) is 17.6. The van der Waals surface area contributed by atoms with Crippen LogP contribution in [0, 0.1) is 0 Å². The molecule has 6 rings (SSSR count). The lowest BCUT2D eigenvalue weighted by Crippen LogP contribution is -2.46. The molecule has 1 aromatic heterocycles. The second-order valence-corrected chi connectivity index (χ2v) is 10.5. The van der Waals surface area contributed by atoms with Crippen LogP contribution in [-0.4, -0.2) is 52.8 Å². The smallest absolute Gasteiger partial charge is 0.236 e. The third kappa shape index (κ3) is 4.15. The molecule has 1 fully saturated rings. The number of piperazine rings is 1. The number of hydrogen-bond acceptors (Lipinski definition) is 8. The average Bonchev–Trinajstić information content (AvgIpc) is 3.40. The fraction of sp³-hybridized carbons (Fsp3) is 0.222. The average molecular weight is 504 g/mol. The lowest BCUT2D eigenvalue weighted by Gasteiger charge is -2.36. The van der Waals surface area contributed by atoms with Crippen LogP contribution in [0.4, 0.5) is 11.6 Å². The molecule has 0 N–H and O–H groups in total. The van der Waals surface area contributed by atoms with Crippen molar-refractivity contribution < 1.29 is 22.3 Å². The highest BCUT2D eigenvalue weighted by Crippen LogP contribution is 2.38. The van der Waals surface area contributed by atoms with E-state index in [4.69, 9.17) is 13.9 Å². The van der Waals surface area contributed by atoms with E-state index in [1.807, 2.05) is 53.4 Å². The molecule has 2 aliphatic heterocycles. The number of sulfone groups is 1. The van der Waals surface area contributed by atoms with E-state index in [9.17, 15) is 8.42 Å². The number of ether oxygens (including phenoxy) is 2.